The van der Waals surface area contributed by atoms with Crippen LogP contribution in [0.25, 0.3) is 11.4 Å². The molecule has 9 heteroatoms. The molecule has 0 radical (unpaired) electrons. The van der Waals surface area contributed by atoms with E-state index in [1.54, 1.807) is 38.3 Å². The number of rotatable bonds is 9. The van der Waals surface area contributed by atoms with E-state index in [2.05, 4.69) is 15.4 Å². The minimum absolute atomic E-state index is 0.00613. The molecule has 1 amide bonds. The van der Waals surface area contributed by atoms with Crippen molar-refractivity contribution in [1.82, 2.24) is 25.1 Å². The van der Waals surface area contributed by atoms with Crippen LogP contribution in [0.2, 0.25) is 0 Å². The zero-order valence-corrected chi connectivity index (χ0v) is 17.5. The maximum atomic E-state index is 12.6. The Bertz CT molecular complexity index is 987. The number of tetrazole rings is 1. The molecule has 30 heavy (non-hydrogen) atoms. The van der Waals surface area contributed by atoms with Gasteiger partial charge >= 0.3 is 0 Å². The van der Waals surface area contributed by atoms with Crippen molar-refractivity contribution in [2.24, 2.45) is 0 Å². The van der Waals surface area contributed by atoms with Crippen molar-refractivity contribution in [3.05, 3.63) is 48.0 Å². The molecule has 0 bridgehead atoms. The van der Waals surface area contributed by atoms with Gasteiger partial charge in [0.05, 0.1) is 20.8 Å². The molecule has 0 aliphatic rings. The minimum Gasteiger partial charge on any atom is -0.494 e. The van der Waals surface area contributed by atoms with Gasteiger partial charge in [0.1, 0.15) is 12.3 Å². The van der Waals surface area contributed by atoms with Gasteiger partial charge in [0.2, 0.25) is 11.7 Å². The lowest BCUT2D eigenvalue weighted by atomic mass is 10.2. The first-order valence-corrected chi connectivity index (χ1v) is 9.50. The van der Waals surface area contributed by atoms with Crippen LogP contribution in [0, 0.1) is 0 Å². The second-order valence-corrected chi connectivity index (χ2v) is 6.54. The quantitative estimate of drug-likeness (QED) is 0.534. The SMILES string of the molecule is CCOc1ccc(CN(C)C(=O)Cn2nnc(-c3ccc(OC)c(OC)c3)n2)cc1. The third-order valence-electron chi connectivity index (χ3n) is 4.45. The molecule has 158 valence electrons. The molecule has 0 spiro atoms. The van der Waals surface area contributed by atoms with E-state index in [1.807, 2.05) is 37.3 Å². The number of hydrogen-bond acceptors (Lipinski definition) is 7. The fraction of sp³-hybridized carbons (Fsp3) is 0.333. The molecule has 0 saturated carbocycles. The van der Waals surface area contributed by atoms with Crippen molar-refractivity contribution in [2.75, 3.05) is 27.9 Å². The highest BCUT2D eigenvalue weighted by molar-refractivity contribution is 5.75. The number of hydrogen-bond donors (Lipinski definition) is 0. The molecule has 0 aliphatic heterocycles. The van der Waals surface area contributed by atoms with Crippen LogP contribution in [-0.2, 0) is 17.9 Å². The number of amides is 1. The van der Waals surface area contributed by atoms with Crippen LogP contribution in [0.15, 0.2) is 42.5 Å². The van der Waals surface area contributed by atoms with Crippen LogP contribution in [-0.4, -0.2) is 58.9 Å². The van der Waals surface area contributed by atoms with Crippen molar-refractivity contribution in [2.45, 2.75) is 20.0 Å². The topological polar surface area (TPSA) is 91.6 Å². The fourth-order valence-corrected chi connectivity index (χ4v) is 2.86. The largest absolute Gasteiger partial charge is 0.494 e. The van der Waals surface area contributed by atoms with E-state index in [1.165, 1.54) is 4.80 Å². The summed E-state index contributed by atoms with van der Waals surface area (Å²) in [6.45, 7) is 3.03. The monoisotopic (exact) mass is 411 g/mol. The van der Waals surface area contributed by atoms with Crippen LogP contribution < -0.4 is 14.2 Å². The molecule has 0 unspecified atom stereocenters. The third kappa shape index (κ3) is 5.05. The maximum Gasteiger partial charge on any atom is 0.246 e. The summed E-state index contributed by atoms with van der Waals surface area (Å²) in [6.07, 6.45) is 0. The van der Waals surface area contributed by atoms with Gasteiger partial charge in [-0.3, -0.25) is 4.79 Å². The number of benzene rings is 2. The molecule has 0 saturated heterocycles. The maximum absolute atomic E-state index is 12.6. The molecule has 1 heterocycles. The Hall–Kier alpha value is -3.62. The summed E-state index contributed by atoms with van der Waals surface area (Å²) in [5.41, 5.74) is 1.72. The average Bonchev–Trinajstić information content (AvgIpc) is 3.23. The molecule has 2 aromatic carbocycles. The summed E-state index contributed by atoms with van der Waals surface area (Å²) >= 11 is 0. The summed E-state index contributed by atoms with van der Waals surface area (Å²) in [6, 6.07) is 13.0. The van der Waals surface area contributed by atoms with Gasteiger partial charge < -0.3 is 19.1 Å². The Morgan fingerprint density at radius 3 is 2.47 bits per heavy atom. The molecule has 0 atom stereocenters. The summed E-state index contributed by atoms with van der Waals surface area (Å²) in [5, 5.41) is 12.3. The zero-order valence-electron chi connectivity index (χ0n) is 17.5. The van der Waals surface area contributed by atoms with Crippen LogP contribution in [0.5, 0.6) is 17.2 Å². The lowest BCUT2D eigenvalue weighted by Gasteiger charge is -2.17. The summed E-state index contributed by atoms with van der Waals surface area (Å²) < 4.78 is 16.0. The highest BCUT2D eigenvalue weighted by Gasteiger charge is 2.15. The molecule has 0 fully saturated rings. The van der Waals surface area contributed by atoms with E-state index < -0.39 is 0 Å². The van der Waals surface area contributed by atoms with Crippen LogP contribution in [0.1, 0.15) is 12.5 Å². The van der Waals surface area contributed by atoms with Crippen LogP contribution in [0.4, 0.5) is 0 Å². The first-order valence-electron chi connectivity index (χ1n) is 9.50. The Kier molecular flexibility index (Phi) is 6.84. The van der Waals surface area contributed by atoms with Gasteiger partial charge in [-0.05, 0) is 48.0 Å². The third-order valence-corrected chi connectivity index (χ3v) is 4.45. The van der Waals surface area contributed by atoms with Gasteiger partial charge in [-0.2, -0.15) is 4.80 Å². The molecular weight excluding hydrogens is 386 g/mol. The van der Waals surface area contributed by atoms with Gasteiger partial charge in [0.15, 0.2) is 11.5 Å². The highest BCUT2D eigenvalue weighted by atomic mass is 16.5. The van der Waals surface area contributed by atoms with E-state index in [0.717, 1.165) is 11.3 Å². The smallest absolute Gasteiger partial charge is 0.246 e. The lowest BCUT2D eigenvalue weighted by molar-refractivity contribution is -0.131. The number of likely N-dealkylation sites (N-methyl/N-ethyl adjacent to an activating group) is 1. The molecule has 1 aromatic heterocycles. The number of nitrogens with zero attached hydrogens (tertiary/aromatic N) is 5. The van der Waals surface area contributed by atoms with Gasteiger partial charge in [-0.15, -0.1) is 10.2 Å². The van der Waals surface area contributed by atoms with Crippen molar-refractivity contribution in [1.29, 1.82) is 0 Å². The van der Waals surface area contributed by atoms with Crippen molar-refractivity contribution < 1.29 is 19.0 Å². The Morgan fingerprint density at radius 1 is 1.07 bits per heavy atom. The minimum atomic E-state index is -0.125. The normalized spacial score (nSPS) is 10.5. The molecule has 0 aliphatic carbocycles. The van der Waals surface area contributed by atoms with E-state index in [9.17, 15) is 4.79 Å². The van der Waals surface area contributed by atoms with Gasteiger partial charge in [-0.1, -0.05) is 12.1 Å². The highest BCUT2D eigenvalue weighted by Crippen LogP contribution is 2.30. The summed E-state index contributed by atoms with van der Waals surface area (Å²) in [4.78, 5) is 15.5. The Labute approximate surface area is 175 Å². The summed E-state index contributed by atoms with van der Waals surface area (Å²) in [7, 11) is 4.87. The molecule has 3 aromatic rings. The Morgan fingerprint density at radius 2 is 1.80 bits per heavy atom. The number of ether oxygens (including phenoxy) is 3. The number of methoxy groups -OCH3 is 2. The van der Waals surface area contributed by atoms with Crippen molar-refractivity contribution >= 4 is 5.91 Å². The number of aromatic nitrogens is 4. The zero-order chi connectivity index (χ0) is 21.5. The first kappa shape index (κ1) is 21.1. The Balaban J connectivity index is 1.62. The van der Waals surface area contributed by atoms with E-state index in [4.69, 9.17) is 14.2 Å². The van der Waals surface area contributed by atoms with Gasteiger partial charge in [0, 0.05) is 19.2 Å². The fourth-order valence-electron chi connectivity index (χ4n) is 2.86. The van der Waals surface area contributed by atoms with E-state index in [0.29, 0.717) is 36.0 Å². The van der Waals surface area contributed by atoms with Gasteiger partial charge in [0.25, 0.3) is 0 Å². The average molecular weight is 411 g/mol. The van der Waals surface area contributed by atoms with Gasteiger partial charge in [-0.25, -0.2) is 0 Å². The van der Waals surface area contributed by atoms with Crippen molar-refractivity contribution in [3.8, 4) is 28.6 Å². The predicted molar refractivity (Wildman–Crippen MR) is 110 cm³/mol. The molecule has 0 N–H and O–H groups in total. The second-order valence-electron chi connectivity index (χ2n) is 6.54. The molecule has 9 nitrogen and oxygen atoms in total. The number of carbonyl (C=O) groups excluding carboxylic acids is 1. The van der Waals surface area contributed by atoms with E-state index >= 15 is 0 Å². The molecule has 3 rings (SSSR count). The lowest BCUT2D eigenvalue weighted by Crippen LogP contribution is -2.30. The first-order chi connectivity index (χ1) is 14.5. The molecular formula is C21H25N5O4. The standard InChI is InChI=1S/C21H25N5O4/c1-5-30-17-9-6-15(7-10-17)13-25(2)20(27)14-26-23-21(22-24-26)16-8-11-18(28-3)19(12-16)29-4/h6-12H,5,13-14H2,1-4H3. The number of carbonyl (C=O) groups is 1. The van der Waals surface area contributed by atoms with Crippen LogP contribution >= 0.6 is 0 Å². The predicted octanol–water partition coefficient (Wildman–Crippen LogP) is 2.41. The van der Waals surface area contributed by atoms with Crippen molar-refractivity contribution in [3.63, 3.8) is 0 Å². The van der Waals surface area contributed by atoms with E-state index in [-0.39, 0.29) is 12.5 Å². The van der Waals surface area contributed by atoms with Crippen LogP contribution in [0.3, 0.4) is 0 Å². The summed E-state index contributed by atoms with van der Waals surface area (Å²) in [5.74, 6) is 2.26. The second kappa shape index (κ2) is 9.73.